The Labute approximate surface area is 168 Å². The van der Waals surface area contributed by atoms with Gasteiger partial charge >= 0.3 is 0 Å². The van der Waals surface area contributed by atoms with Gasteiger partial charge in [0.15, 0.2) is 5.78 Å². The topological polar surface area (TPSA) is 72.9 Å². The zero-order valence-corrected chi connectivity index (χ0v) is 16.8. The lowest BCUT2D eigenvalue weighted by Crippen LogP contribution is -2.40. The molecule has 0 aliphatic heterocycles. The van der Waals surface area contributed by atoms with Crippen LogP contribution in [0.1, 0.15) is 22.2 Å². The van der Waals surface area contributed by atoms with E-state index >= 15 is 0 Å². The van der Waals surface area contributed by atoms with Gasteiger partial charge in [0.1, 0.15) is 4.34 Å². The molecule has 5 nitrogen and oxygen atoms in total. The number of rotatable bonds is 9. The van der Waals surface area contributed by atoms with E-state index in [1.54, 1.807) is 6.20 Å². The number of nitrogens with two attached hydrogens (primary N) is 1. The number of Topliss-reactive ketones (excluding diaryl/α,β-unsaturated/α-hetero) is 1. The number of benzene rings is 1. The Hall–Kier alpha value is -1.99. The predicted octanol–water partition coefficient (Wildman–Crippen LogP) is 3.63. The van der Waals surface area contributed by atoms with Crippen LogP contribution in [0, 0.1) is 0 Å². The first-order valence-corrected chi connectivity index (χ1v) is 10.1. The van der Waals surface area contributed by atoms with Gasteiger partial charge in [0, 0.05) is 30.9 Å². The fourth-order valence-corrected chi connectivity index (χ4v) is 4.19. The van der Waals surface area contributed by atoms with E-state index in [0.29, 0.717) is 15.8 Å². The Kier molecular flexibility index (Phi) is 6.79. The molecular formula is C20H23ClN4OS. The average molecular weight is 403 g/mol. The Morgan fingerprint density at radius 1 is 1.33 bits per heavy atom. The van der Waals surface area contributed by atoms with Crippen LogP contribution in [0.3, 0.4) is 0 Å². The summed E-state index contributed by atoms with van der Waals surface area (Å²) >= 11 is 7.70. The van der Waals surface area contributed by atoms with Gasteiger partial charge in [-0.05, 0) is 31.0 Å². The standard InChI is InChI=1S/C20H23ClN4OS/c1-2-25-17(8-9-24-25)16-11-19(27-20(16)21)18(26)13-23-15(12-22)10-14-6-4-3-5-7-14/h3-9,11,15,23H,2,10,12-13,22H2,1H3. The van der Waals surface area contributed by atoms with Crippen molar-refractivity contribution in [1.29, 1.82) is 0 Å². The summed E-state index contributed by atoms with van der Waals surface area (Å²) in [6.07, 6.45) is 2.53. The molecule has 3 rings (SSSR count). The molecule has 1 aromatic carbocycles. The Morgan fingerprint density at radius 3 is 2.81 bits per heavy atom. The number of aryl methyl sites for hydroxylation is 1. The molecule has 0 aliphatic carbocycles. The Balaban J connectivity index is 1.65. The summed E-state index contributed by atoms with van der Waals surface area (Å²) in [7, 11) is 0. The molecule has 1 atom stereocenters. The average Bonchev–Trinajstić information content (AvgIpc) is 3.31. The maximum absolute atomic E-state index is 12.6. The molecule has 0 fully saturated rings. The zero-order chi connectivity index (χ0) is 19.2. The summed E-state index contributed by atoms with van der Waals surface area (Å²) in [5.74, 6) is 0.0159. The minimum Gasteiger partial charge on any atom is -0.329 e. The molecule has 7 heteroatoms. The van der Waals surface area contributed by atoms with Crippen LogP contribution in [0.25, 0.3) is 11.3 Å². The molecule has 0 saturated heterocycles. The zero-order valence-electron chi connectivity index (χ0n) is 15.2. The lowest BCUT2D eigenvalue weighted by molar-refractivity contribution is 0.0991. The van der Waals surface area contributed by atoms with Crippen LogP contribution in [0.4, 0.5) is 0 Å². The number of hydrogen-bond acceptors (Lipinski definition) is 5. The third-order valence-electron chi connectivity index (χ3n) is 4.41. The summed E-state index contributed by atoms with van der Waals surface area (Å²) in [5.41, 5.74) is 8.84. The molecule has 142 valence electrons. The molecule has 0 spiro atoms. The second kappa shape index (κ2) is 9.28. The molecule has 0 amide bonds. The number of aromatic nitrogens is 2. The van der Waals surface area contributed by atoms with Crippen molar-refractivity contribution in [3.63, 3.8) is 0 Å². The number of carbonyl (C=O) groups excluding carboxylic acids is 1. The van der Waals surface area contributed by atoms with Crippen LogP contribution in [0.15, 0.2) is 48.7 Å². The fourth-order valence-electron chi connectivity index (χ4n) is 2.96. The van der Waals surface area contributed by atoms with Crippen molar-refractivity contribution in [3.05, 3.63) is 63.4 Å². The van der Waals surface area contributed by atoms with Gasteiger partial charge in [0.25, 0.3) is 0 Å². The summed E-state index contributed by atoms with van der Waals surface area (Å²) in [6.45, 7) is 3.47. The molecule has 3 N–H and O–H groups in total. The predicted molar refractivity (Wildman–Crippen MR) is 112 cm³/mol. The first-order chi connectivity index (χ1) is 13.1. The molecule has 0 radical (unpaired) electrons. The van der Waals surface area contributed by atoms with E-state index in [4.69, 9.17) is 17.3 Å². The highest BCUT2D eigenvalue weighted by Crippen LogP contribution is 2.35. The van der Waals surface area contributed by atoms with E-state index in [-0.39, 0.29) is 18.4 Å². The number of carbonyl (C=O) groups is 1. The smallest absolute Gasteiger partial charge is 0.186 e. The van der Waals surface area contributed by atoms with Gasteiger partial charge < -0.3 is 11.1 Å². The number of halogens is 1. The van der Waals surface area contributed by atoms with Gasteiger partial charge in [-0.3, -0.25) is 9.48 Å². The number of thiophene rings is 1. The second-order valence-electron chi connectivity index (χ2n) is 6.26. The molecule has 27 heavy (non-hydrogen) atoms. The Bertz CT molecular complexity index is 891. The number of hydrogen-bond donors (Lipinski definition) is 2. The third-order valence-corrected chi connectivity index (χ3v) is 5.81. The van der Waals surface area contributed by atoms with E-state index in [0.717, 1.165) is 24.2 Å². The molecular weight excluding hydrogens is 380 g/mol. The van der Waals surface area contributed by atoms with Crippen LogP contribution in [0.5, 0.6) is 0 Å². The summed E-state index contributed by atoms with van der Waals surface area (Å²) in [4.78, 5) is 13.3. The molecule has 2 heterocycles. The largest absolute Gasteiger partial charge is 0.329 e. The Morgan fingerprint density at radius 2 is 2.11 bits per heavy atom. The van der Waals surface area contributed by atoms with Crippen molar-refractivity contribution in [2.24, 2.45) is 5.73 Å². The fraction of sp³-hybridized carbons (Fsp3) is 0.300. The molecule has 2 aromatic heterocycles. The van der Waals surface area contributed by atoms with E-state index in [1.807, 2.05) is 41.9 Å². The van der Waals surface area contributed by atoms with Crippen LogP contribution < -0.4 is 11.1 Å². The van der Waals surface area contributed by atoms with Gasteiger partial charge in [-0.2, -0.15) is 5.10 Å². The highest BCUT2D eigenvalue weighted by molar-refractivity contribution is 7.18. The lowest BCUT2D eigenvalue weighted by atomic mass is 10.1. The normalized spacial score (nSPS) is 12.3. The summed E-state index contributed by atoms with van der Waals surface area (Å²) < 4.78 is 2.47. The van der Waals surface area contributed by atoms with Gasteiger partial charge in [-0.25, -0.2) is 0 Å². The number of nitrogens with zero attached hydrogens (tertiary/aromatic N) is 2. The van der Waals surface area contributed by atoms with Crippen LogP contribution in [-0.4, -0.2) is 34.7 Å². The quantitative estimate of drug-likeness (QED) is 0.536. The van der Waals surface area contributed by atoms with Gasteiger partial charge in [-0.1, -0.05) is 41.9 Å². The van der Waals surface area contributed by atoms with Crippen molar-refractivity contribution >= 4 is 28.7 Å². The molecule has 3 aromatic rings. The van der Waals surface area contributed by atoms with E-state index in [2.05, 4.69) is 22.5 Å². The lowest BCUT2D eigenvalue weighted by Gasteiger charge is -2.16. The SMILES string of the molecule is CCn1nccc1-c1cc(C(=O)CNC(CN)Cc2ccccc2)sc1Cl. The van der Waals surface area contributed by atoms with Crippen molar-refractivity contribution in [2.75, 3.05) is 13.1 Å². The third kappa shape index (κ3) is 4.84. The highest BCUT2D eigenvalue weighted by atomic mass is 35.5. The van der Waals surface area contributed by atoms with Crippen LogP contribution >= 0.6 is 22.9 Å². The minimum absolute atomic E-state index is 0.0159. The highest BCUT2D eigenvalue weighted by Gasteiger charge is 2.18. The van der Waals surface area contributed by atoms with Crippen molar-refractivity contribution in [2.45, 2.75) is 25.9 Å². The maximum atomic E-state index is 12.6. The maximum Gasteiger partial charge on any atom is 0.186 e. The van der Waals surface area contributed by atoms with Crippen molar-refractivity contribution < 1.29 is 4.79 Å². The monoisotopic (exact) mass is 402 g/mol. The van der Waals surface area contributed by atoms with Gasteiger partial charge in [0.2, 0.25) is 0 Å². The minimum atomic E-state index is 0.0159. The van der Waals surface area contributed by atoms with E-state index in [9.17, 15) is 4.79 Å². The summed E-state index contributed by atoms with van der Waals surface area (Å²) in [6, 6.07) is 13.9. The second-order valence-corrected chi connectivity index (χ2v) is 7.91. The van der Waals surface area contributed by atoms with Crippen LogP contribution in [-0.2, 0) is 13.0 Å². The van der Waals surface area contributed by atoms with E-state index in [1.165, 1.54) is 16.9 Å². The first kappa shape index (κ1) is 19.8. The molecule has 1 unspecified atom stereocenters. The number of ketones is 1. The van der Waals surface area contributed by atoms with Crippen molar-refractivity contribution in [1.82, 2.24) is 15.1 Å². The van der Waals surface area contributed by atoms with E-state index < -0.39 is 0 Å². The number of nitrogens with one attached hydrogen (secondary N) is 1. The van der Waals surface area contributed by atoms with Gasteiger partial charge in [0.05, 0.1) is 17.1 Å². The summed E-state index contributed by atoms with van der Waals surface area (Å²) in [5, 5.41) is 7.54. The first-order valence-electron chi connectivity index (χ1n) is 8.94. The van der Waals surface area contributed by atoms with Crippen LogP contribution in [0.2, 0.25) is 4.34 Å². The molecule has 0 saturated carbocycles. The van der Waals surface area contributed by atoms with Crippen molar-refractivity contribution in [3.8, 4) is 11.3 Å². The van der Waals surface area contributed by atoms with Gasteiger partial charge in [-0.15, -0.1) is 11.3 Å². The molecule has 0 aliphatic rings. The molecule has 0 bridgehead atoms.